The number of carbonyl (C=O) groups excluding carboxylic acids is 1. The van der Waals surface area contributed by atoms with Gasteiger partial charge in [-0.15, -0.1) is 0 Å². The molecule has 0 bridgehead atoms. The highest BCUT2D eigenvalue weighted by atomic mass is 16.5. The maximum atomic E-state index is 12.5. The number of hydrogen-bond acceptors (Lipinski definition) is 4. The molecule has 3 rings (SSSR count). The molecule has 25 heavy (non-hydrogen) atoms. The van der Waals surface area contributed by atoms with E-state index in [4.69, 9.17) is 14.6 Å². The lowest BCUT2D eigenvalue weighted by Crippen LogP contribution is -2.49. The van der Waals surface area contributed by atoms with Crippen molar-refractivity contribution in [1.29, 1.82) is 0 Å². The van der Waals surface area contributed by atoms with E-state index >= 15 is 0 Å². The molecular formula is C19H25NO5. The number of aliphatic carboxylic acids is 1. The van der Waals surface area contributed by atoms with Crippen LogP contribution < -0.4 is 4.74 Å². The molecule has 1 saturated carbocycles. The number of likely N-dealkylation sites (tertiary alicyclic amines) is 1. The van der Waals surface area contributed by atoms with Crippen molar-refractivity contribution in [2.45, 2.75) is 38.4 Å². The molecule has 2 atom stereocenters. The third kappa shape index (κ3) is 3.95. The number of hydrogen-bond donors (Lipinski definition) is 1. The van der Waals surface area contributed by atoms with Crippen molar-refractivity contribution in [1.82, 2.24) is 4.90 Å². The third-order valence-corrected chi connectivity index (χ3v) is 5.33. The van der Waals surface area contributed by atoms with Crippen LogP contribution in [0.2, 0.25) is 0 Å². The van der Waals surface area contributed by atoms with Gasteiger partial charge in [0.2, 0.25) is 5.91 Å². The van der Waals surface area contributed by atoms with Gasteiger partial charge in [-0.1, -0.05) is 18.2 Å². The van der Waals surface area contributed by atoms with Crippen LogP contribution in [0, 0.1) is 11.8 Å². The number of para-hydroxylation sites is 1. The van der Waals surface area contributed by atoms with Gasteiger partial charge in [0.15, 0.2) is 0 Å². The summed E-state index contributed by atoms with van der Waals surface area (Å²) in [5, 5.41) is 9.11. The lowest BCUT2D eigenvalue weighted by Gasteiger charge is -2.39. The third-order valence-electron chi connectivity index (χ3n) is 5.33. The van der Waals surface area contributed by atoms with Gasteiger partial charge < -0.3 is 19.5 Å². The Hall–Kier alpha value is -2.08. The van der Waals surface area contributed by atoms with Gasteiger partial charge in [0.05, 0.1) is 31.7 Å². The molecule has 1 aromatic carbocycles. The predicted octanol–water partition coefficient (Wildman–Crippen LogP) is 2.31. The van der Waals surface area contributed by atoms with Gasteiger partial charge in [-0.05, 0) is 31.7 Å². The Morgan fingerprint density at radius 3 is 2.40 bits per heavy atom. The quantitative estimate of drug-likeness (QED) is 0.855. The van der Waals surface area contributed by atoms with E-state index in [9.17, 15) is 9.59 Å². The van der Waals surface area contributed by atoms with Crippen molar-refractivity contribution in [3.63, 3.8) is 0 Å². The summed E-state index contributed by atoms with van der Waals surface area (Å²) in [6.45, 7) is 1.77. The molecule has 1 aromatic rings. The fraction of sp³-hybridized carbons (Fsp3) is 0.579. The molecule has 6 nitrogen and oxygen atoms in total. The van der Waals surface area contributed by atoms with Crippen LogP contribution in [0.15, 0.2) is 24.3 Å². The van der Waals surface area contributed by atoms with E-state index in [0.717, 1.165) is 24.2 Å². The smallest absolute Gasteiger partial charge is 0.307 e. The van der Waals surface area contributed by atoms with Crippen LogP contribution in [-0.2, 0) is 20.9 Å². The summed E-state index contributed by atoms with van der Waals surface area (Å²) in [5.41, 5.74) is 1.02. The van der Waals surface area contributed by atoms with Crippen LogP contribution in [0.4, 0.5) is 0 Å². The Morgan fingerprint density at radius 1 is 1.12 bits per heavy atom. The van der Waals surface area contributed by atoms with Gasteiger partial charge in [0.1, 0.15) is 5.75 Å². The fourth-order valence-electron chi connectivity index (χ4n) is 3.60. The largest absolute Gasteiger partial charge is 0.496 e. The highest BCUT2D eigenvalue weighted by molar-refractivity contribution is 5.86. The molecule has 6 heteroatoms. The number of ether oxygens (including phenoxy) is 2. The number of carboxylic acid groups (broad SMARTS) is 1. The lowest BCUT2D eigenvalue weighted by molar-refractivity contribution is -0.157. The normalized spacial score (nSPS) is 23.8. The van der Waals surface area contributed by atoms with E-state index in [1.54, 1.807) is 7.11 Å². The van der Waals surface area contributed by atoms with Crippen molar-refractivity contribution in [3.05, 3.63) is 29.8 Å². The molecule has 0 radical (unpaired) electrons. The number of nitrogens with zero attached hydrogens (tertiary/aromatic N) is 1. The van der Waals surface area contributed by atoms with Crippen molar-refractivity contribution >= 4 is 11.9 Å². The molecule has 0 aromatic heterocycles. The number of methoxy groups -OCH3 is 1. The van der Waals surface area contributed by atoms with Gasteiger partial charge in [-0.2, -0.15) is 0 Å². The van der Waals surface area contributed by atoms with Crippen molar-refractivity contribution in [2.75, 3.05) is 20.2 Å². The van der Waals surface area contributed by atoms with Gasteiger partial charge in [-0.25, -0.2) is 0 Å². The lowest BCUT2D eigenvalue weighted by atomic mass is 9.72. The highest BCUT2D eigenvalue weighted by Crippen LogP contribution is 2.36. The Morgan fingerprint density at radius 2 is 1.80 bits per heavy atom. The first-order chi connectivity index (χ1) is 12.1. The van der Waals surface area contributed by atoms with Crippen molar-refractivity contribution in [3.8, 4) is 5.75 Å². The average molecular weight is 347 g/mol. The SMILES string of the molecule is COc1ccccc1COC1CCN(C(=O)C2CCC2C(=O)O)CC1. The second-order valence-corrected chi connectivity index (χ2v) is 6.78. The van der Waals surface area contributed by atoms with E-state index < -0.39 is 11.9 Å². The van der Waals surface area contributed by atoms with Gasteiger partial charge >= 0.3 is 5.97 Å². The number of carbonyl (C=O) groups is 2. The van der Waals surface area contributed by atoms with Gasteiger partial charge in [0.25, 0.3) is 0 Å². The summed E-state index contributed by atoms with van der Waals surface area (Å²) in [5.74, 6) is -0.850. The number of amides is 1. The second-order valence-electron chi connectivity index (χ2n) is 6.78. The maximum Gasteiger partial charge on any atom is 0.307 e. The summed E-state index contributed by atoms with van der Waals surface area (Å²) in [6.07, 6.45) is 2.99. The van der Waals surface area contributed by atoms with Gasteiger partial charge in [-0.3, -0.25) is 9.59 Å². The molecule has 2 unspecified atom stereocenters. The average Bonchev–Trinajstić information content (AvgIpc) is 2.59. The molecule has 2 aliphatic rings. The van der Waals surface area contributed by atoms with Crippen LogP contribution in [0.1, 0.15) is 31.2 Å². The fourth-order valence-corrected chi connectivity index (χ4v) is 3.60. The van der Waals surface area contributed by atoms with E-state index in [1.165, 1.54) is 0 Å². The molecule has 1 amide bonds. The van der Waals surface area contributed by atoms with Gasteiger partial charge in [0, 0.05) is 18.7 Å². The zero-order valence-electron chi connectivity index (χ0n) is 14.5. The molecular weight excluding hydrogens is 322 g/mol. The van der Waals surface area contributed by atoms with E-state index in [1.807, 2.05) is 29.2 Å². The summed E-state index contributed by atoms with van der Waals surface area (Å²) >= 11 is 0. The number of rotatable bonds is 6. The van der Waals surface area contributed by atoms with E-state index in [-0.39, 0.29) is 17.9 Å². The molecule has 2 fully saturated rings. The monoisotopic (exact) mass is 347 g/mol. The minimum atomic E-state index is -0.848. The van der Waals surface area contributed by atoms with Crippen LogP contribution in [0.25, 0.3) is 0 Å². The zero-order valence-corrected chi connectivity index (χ0v) is 14.5. The summed E-state index contributed by atoms with van der Waals surface area (Å²) in [7, 11) is 1.65. The number of benzene rings is 1. The minimum absolute atomic E-state index is 0.00169. The van der Waals surface area contributed by atoms with Crippen LogP contribution >= 0.6 is 0 Å². The summed E-state index contributed by atoms with van der Waals surface area (Å²) in [6, 6.07) is 7.79. The van der Waals surface area contributed by atoms with Crippen LogP contribution in [0.3, 0.4) is 0 Å². The Balaban J connectivity index is 1.46. The maximum absolute atomic E-state index is 12.5. The first-order valence-electron chi connectivity index (χ1n) is 8.85. The molecule has 1 N–H and O–H groups in total. The molecule has 1 aliphatic carbocycles. The zero-order chi connectivity index (χ0) is 17.8. The standard InChI is InChI=1S/C19H25NO5/c1-24-17-5-3-2-4-13(17)12-25-14-8-10-20(11-9-14)18(21)15-6-7-16(15)19(22)23/h2-5,14-16H,6-12H2,1H3,(H,22,23). The highest BCUT2D eigenvalue weighted by Gasteiger charge is 2.43. The van der Waals surface area contributed by atoms with Crippen LogP contribution in [0.5, 0.6) is 5.75 Å². The minimum Gasteiger partial charge on any atom is -0.496 e. The Kier molecular flexibility index (Phi) is 5.58. The van der Waals surface area contributed by atoms with E-state index in [2.05, 4.69) is 0 Å². The van der Waals surface area contributed by atoms with Crippen molar-refractivity contribution in [2.24, 2.45) is 11.8 Å². The Bertz CT molecular complexity index is 624. The Labute approximate surface area is 147 Å². The van der Waals surface area contributed by atoms with E-state index in [0.29, 0.717) is 32.5 Å². The van der Waals surface area contributed by atoms with Crippen LogP contribution in [-0.4, -0.2) is 48.2 Å². The molecule has 136 valence electrons. The van der Waals surface area contributed by atoms with Crippen molar-refractivity contribution < 1.29 is 24.2 Å². The molecule has 0 spiro atoms. The molecule has 1 aliphatic heterocycles. The summed E-state index contributed by atoms with van der Waals surface area (Å²) in [4.78, 5) is 25.4. The topological polar surface area (TPSA) is 76.1 Å². The predicted molar refractivity (Wildman–Crippen MR) is 91.2 cm³/mol. The second kappa shape index (κ2) is 7.87. The molecule has 1 heterocycles. The first kappa shape index (κ1) is 17.7. The molecule has 1 saturated heterocycles. The number of piperidine rings is 1. The summed E-state index contributed by atoms with van der Waals surface area (Å²) < 4.78 is 11.3. The first-order valence-corrected chi connectivity index (χ1v) is 8.85. The number of carboxylic acids is 1.